The molecule has 15 nitrogen and oxygen atoms in total. The number of nitrogen functional groups attached to an aromatic ring is 2. The van der Waals surface area contributed by atoms with Crippen molar-refractivity contribution in [2.24, 2.45) is 0 Å². The minimum atomic E-state index is -4.22. The Hall–Kier alpha value is -3.33. The van der Waals surface area contributed by atoms with Crippen LogP contribution in [-0.2, 0) is 23.4 Å². The van der Waals surface area contributed by atoms with Crippen molar-refractivity contribution in [1.82, 2.24) is 24.6 Å². The van der Waals surface area contributed by atoms with Gasteiger partial charge < -0.3 is 35.7 Å². The second-order valence-corrected chi connectivity index (χ2v) is 10.5. The lowest BCUT2D eigenvalue weighted by Crippen LogP contribution is -2.44. The number of carbonyl (C=O) groups excluding carboxylic acids is 1. The summed E-state index contributed by atoms with van der Waals surface area (Å²) in [6, 6.07) is 7.12. The Labute approximate surface area is 217 Å². The minimum Gasteiger partial charge on any atom is -0.465 e. The molecule has 2 aromatic heterocycles. The molecule has 6 atom stereocenters. The normalized spacial score (nSPS) is 25.7. The number of esters is 1. The van der Waals surface area contributed by atoms with E-state index in [0.29, 0.717) is 0 Å². The molecule has 1 unspecified atom stereocenters. The molecule has 3 aromatic rings. The van der Waals surface area contributed by atoms with Crippen LogP contribution in [0, 0.1) is 0 Å². The summed E-state index contributed by atoms with van der Waals surface area (Å²) in [6.45, 7) is 4.06. The first-order valence-corrected chi connectivity index (χ1v) is 13.2. The van der Waals surface area contributed by atoms with Crippen LogP contribution in [0.2, 0.25) is 0 Å². The van der Waals surface area contributed by atoms with Gasteiger partial charge >= 0.3 is 13.7 Å². The number of benzene rings is 1. The highest BCUT2D eigenvalue weighted by molar-refractivity contribution is 7.52. The molecule has 7 N–H and O–H groups in total. The van der Waals surface area contributed by atoms with Crippen molar-refractivity contribution in [3.05, 3.63) is 36.7 Å². The fourth-order valence-electron chi connectivity index (χ4n) is 3.94. The molecule has 1 aliphatic heterocycles. The molecule has 206 valence electrons. The molecule has 0 spiro atoms. The van der Waals surface area contributed by atoms with Crippen molar-refractivity contribution in [1.29, 1.82) is 0 Å². The summed E-state index contributed by atoms with van der Waals surface area (Å²) < 4.78 is 37.1. The van der Waals surface area contributed by atoms with Crippen LogP contribution in [0.4, 0.5) is 11.8 Å². The number of aromatic nitrogens is 4. The largest absolute Gasteiger partial charge is 0.465 e. The van der Waals surface area contributed by atoms with Crippen LogP contribution in [0.1, 0.15) is 27.0 Å². The third kappa shape index (κ3) is 5.57. The van der Waals surface area contributed by atoms with Gasteiger partial charge in [-0.3, -0.25) is 13.9 Å². The van der Waals surface area contributed by atoms with Crippen molar-refractivity contribution >= 4 is 36.6 Å². The zero-order chi connectivity index (χ0) is 27.7. The highest BCUT2D eigenvalue weighted by Gasteiger charge is 2.54. The second-order valence-electron chi connectivity index (χ2n) is 8.79. The summed E-state index contributed by atoms with van der Waals surface area (Å²) in [5, 5.41) is 24.6. The van der Waals surface area contributed by atoms with Crippen molar-refractivity contribution in [2.75, 3.05) is 24.7 Å². The summed E-state index contributed by atoms with van der Waals surface area (Å²) >= 11 is 0. The first kappa shape index (κ1) is 27.7. The molecule has 0 aliphatic carbocycles. The van der Waals surface area contributed by atoms with Crippen LogP contribution in [0.5, 0.6) is 5.75 Å². The number of nitrogens with two attached hydrogens (primary N) is 2. The molecule has 1 aromatic carbocycles. The van der Waals surface area contributed by atoms with Crippen LogP contribution in [0.3, 0.4) is 0 Å². The van der Waals surface area contributed by atoms with E-state index in [4.69, 9.17) is 30.0 Å². The van der Waals surface area contributed by atoms with E-state index in [9.17, 15) is 19.6 Å². The van der Waals surface area contributed by atoms with E-state index in [2.05, 4.69) is 20.0 Å². The average Bonchev–Trinajstić information content (AvgIpc) is 3.37. The van der Waals surface area contributed by atoms with Gasteiger partial charge in [0.1, 0.15) is 35.1 Å². The first-order chi connectivity index (χ1) is 17.9. The monoisotopic (exact) mass is 551 g/mol. The number of fused-ring (bicyclic) bond motifs is 1. The number of anilines is 2. The minimum absolute atomic E-state index is 0.0325. The van der Waals surface area contributed by atoms with Gasteiger partial charge in [0.25, 0.3) is 0 Å². The van der Waals surface area contributed by atoms with Crippen LogP contribution in [0.15, 0.2) is 36.7 Å². The van der Waals surface area contributed by atoms with Gasteiger partial charge in [-0.25, -0.2) is 9.55 Å². The zero-order valence-corrected chi connectivity index (χ0v) is 21.8. The van der Waals surface area contributed by atoms with E-state index in [1.54, 1.807) is 37.3 Å². The number of para-hydroxylation sites is 1. The summed E-state index contributed by atoms with van der Waals surface area (Å²) in [5.74, 6) is -0.543. The van der Waals surface area contributed by atoms with Gasteiger partial charge in [0.2, 0.25) is 5.95 Å². The lowest BCUT2D eigenvalue weighted by Gasteiger charge is -2.27. The lowest BCUT2D eigenvalue weighted by atomic mass is 9.96. The maximum Gasteiger partial charge on any atom is 0.459 e. The Morgan fingerprint density at radius 1 is 1.32 bits per heavy atom. The Morgan fingerprint density at radius 2 is 2.03 bits per heavy atom. The predicted octanol–water partition coefficient (Wildman–Crippen LogP) is 0.745. The number of nitrogens with zero attached hydrogens (tertiary/aromatic N) is 4. The molecular formula is C22H30N7O8P. The first-order valence-electron chi connectivity index (χ1n) is 11.7. The van der Waals surface area contributed by atoms with Gasteiger partial charge in [0, 0.05) is 0 Å². The summed E-state index contributed by atoms with van der Waals surface area (Å²) in [6.07, 6.45) is -2.58. The maximum atomic E-state index is 13.7. The van der Waals surface area contributed by atoms with E-state index in [-0.39, 0.29) is 35.3 Å². The van der Waals surface area contributed by atoms with Gasteiger partial charge in [-0.2, -0.15) is 15.1 Å². The molecule has 1 fully saturated rings. The van der Waals surface area contributed by atoms with Gasteiger partial charge in [0.05, 0.1) is 19.5 Å². The molecule has 1 aliphatic rings. The van der Waals surface area contributed by atoms with E-state index in [0.717, 1.165) is 0 Å². The topological polar surface area (TPSA) is 219 Å². The van der Waals surface area contributed by atoms with E-state index in [1.165, 1.54) is 24.7 Å². The number of imidazole rings is 1. The molecule has 0 bridgehead atoms. The summed E-state index contributed by atoms with van der Waals surface area (Å²) in [7, 11) is -4.22. The number of aliphatic hydroxyl groups excluding tert-OH is 1. The van der Waals surface area contributed by atoms with E-state index in [1.807, 2.05) is 0 Å². The highest BCUT2D eigenvalue weighted by Crippen LogP contribution is 2.47. The molecule has 1 saturated heterocycles. The number of hydrogen-bond donors (Lipinski definition) is 5. The van der Waals surface area contributed by atoms with Gasteiger partial charge in [0.15, 0.2) is 17.7 Å². The Bertz CT molecular complexity index is 1340. The third-order valence-electron chi connectivity index (χ3n) is 5.84. The van der Waals surface area contributed by atoms with Crippen LogP contribution >= 0.6 is 7.75 Å². The molecule has 0 radical (unpaired) electrons. The molecule has 0 amide bonds. The molecule has 4 rings (SSSR count). The van der Waals surface area contributed by atoms with Crippen molar-refractivity contribution in [2.45, 2.75) is 50.8 Å². The summed E-state index contributed by atoms with van der Waals surface area (Å²) in [5.41, 5.74) is 10.1. The molecule has 0 saturated carbocycles. The van der Waals surface area contributed by atoms with Gasteiger partial charge in [-0.15, -0.1) is 0 Å². The SMILES string of the molecule is CCOC(=O)[C@H](C)NP(=O)(OC[C@H]1O[C@@H](n2cnc3c(N)nc(N)nc32)[C@](C)(O)[C@@H]1O)Oc1ccccc1. The molecule has 3 heterocycles. The Morgan fingerprint density at radius 3 is 2.71 bits per heavy atom. The van der Waals surface area contributed by atoms with Crippen LogP contribution < -0.4 is 21.1 Å². The fourth-order valence-corrected chi connectivity index (χ4v) is 5.45. The number of nitrogens with one attached hydrogen (secondary N) is 1. The molecule has 16 heteroatoms. The van der Waals surface area contributed by atoms with Gasteiger partial charge in [-0.1, -0.05) is 18.2 Å². The predicted molar refractivity (Wildman–Crippen MR) is 135 cm³/mol. The van der Waals surface area contributed by atoms with Crippen LogP contribution in [-0.4, -0.2) is 72.8 Å². The molecule has 38 heavy (non-hydrogen) atoms. The number of aliphatic hydroxyl groups is 2. The van der Waals surface area contributed by atoms with Crippen molar-refractivity contribution < 1.29 is 38.1 Å². The smallest absolute Gasteiger partial charge is 0.459 e. The van der Waals surface area contributed by atoms with Gasteiger partial charge in [-0.05, 0) is 32.9 Å². The number of carbonyl (C=O) groups is 1. The summed E-state index contributed by atoms with van der Waals surface area (Å²) in [4.78, 5) is 24.3. The highest BCUT2D eigenvalue weighted by atomic mass is 31.2. The zero-order valence-electron chi connectivity index (χ0n) is 20.9. The van der Waals surface area contributed by atoms with Crippen molar-refractivity contribution in [3.8, 4) is 5.75 Å². The number of rotatable bonds is 10. The number of hydrogen-bond acceptors (Lipinski definition) is 13. The van der Waals surface area contributed by atoms with Crippen LogP contribution in [0.25, 0.3) is 11.2 Å². The Kier molecular flexibility index (Phi) is 7.88. The third-order valence-corrected chi connectivity index (χ3v) is 7.49. The standard InChI is InChI=1S/C22H30N7O8P/c1-4-34-19(31)12(2)28-38(33,37-13-8-6-5-7-9-13)35-10-14-16(30)22(3,32)20(36-14)29-11-25-15-17(23)26-21(24)27-18(15)29/h5-9,11-12,14,16,20,30,32H,4,10H2,1-3H3,(H,28,33)(H4,23,24,26,27)/t12-,14+,16+,20+,22+,38?/m0/s1. The maximum absolute atomic E-state index is 13.7. The fraction of sp³-hybridized carbons (Fsp3) is 0.455. The molecular weight excluding hydrogens is 521 g/mol. The lowest BCUT2D eigenvalue weighted by molar-refractivity contribution is -0.144. The average molecular weight is 551 g/mol. The Balaban J connectivity index is 1.56. The van der Waals surface area contributed by atoms with E-state index < -0.39 is 50.4 Å². The number of ether oxygens (including phenoxy) is 2. The second kappa shape index (κ2) is 10.8. The van der Waals surface area contributed by atoms with E-state index >= 15 is 0 Å². The van der Waals surface area contributed by atoms with Crippen molar-refractivity contribution in [3.63, 3.8) is 0 Å². The quantitative estimate of drug-likeness (QED) is 0.173.